The van der Waals surface area contributed by atoms with Gasteiger partial charge in [-0.1, -0.05) is 24.3 Å². The van der Waals surface area contributed by atoms with Gasteiger partial charge in [-0.2, -0.15) is 0 Å². The van der Waals surface area contributed by atoms with Crippen molar-refractivity contribution in [2.24, 2.45) is 0 Å². The molecule has 27 heavy (non-hydrogen) atoms. The lowest BCUT2D eigenvalue weighted by atomic mass is 10.1. The quantitative estimate of drug-likeness (QED) is 0.773. The number of fused-ring (bicyclic) bond motifs is 1. The molecule has 3 aromatic rings. The number of quaternary nitrogens is 1. The molecule has 0 unspecified atom stereocenters. The van der Waals surface area contributed by atoms with E-state index in [2.05, 4.69) is 31.2 Å². The van der Waals surface area contributed by atoms with E-state index >= 15 is 0 Å². The zero-order valence-corrected chi connectivity index (χ0v) is 15.7. The number of furan rings is 1. The second-order valence-electron chi connectivity index (χ2n) is 7.34. The summed E-state index contributed by atoms with van der Waals surface area (Å²) in [5.41, 5.74) is 3.95. The maximum atomic E-state index is 13.5. The van der Waals surface area contributed by atoms with Crippen LogP contribution in [-0.2, 0) is 6.54 Å². The van der Waals surface area contributed by atoms with Crippen molar-refractivity contribution in [2.45, 2.75) is 20.4 Å². The van der Waals surface area contributed by atoms with Crippen LogP contribution in [0.5, 0.6) is 0 Å². The molecule has 4 rings (SSSR count). The molecule has 0 saturated carbocycles. The second-order valence-corrected chi connectivity index (χ2v) is 7.34. The van der Waals surface area contributed by atoms with Crippen LogP contribution < -0.4 is 4.90 Å². The second kappa shape index (κ2) is 7.16. The number of hydrogen-bond acceptors (Lipinski definition) is 2. The van der Waals surface area contributed by atoms with E-state index in [1.165, 1.54) is 28.2 Å². The molecule has 1 saturated heterocycles. The number of carbonyl (C=O) groups excluding carboxylic acids is 1. The summed E-state index contributed by atoms with van der Waals surface area (Å²) >= 11 is 0. The summed E-state index contributed by atoms with van der Waals surface area (Å²) in [5.74, 6) is -0.0872. The van der Waals surface area contributed by atoms with Crippen molar-refractivity contribution >= 4 is 16.9 Å². The Bertz CT molecular complexity index is 987. The Kier molecular flexibility index (Phi) is 4.70. The Morgan fingerprint density at radius 3 is 2.63 bits per heavy atom. The van der Waals surface area contributed by atoms with Gasteiger partial charge >= 0.3 is 0 Å². The molecule has 0 atom stereocenters. The van der Waals surface area contributed by atoms with Crippen molar-refractivity contribution in [3.63, 3.8) is 0 Å². The Labute approximate surface area is 158 Å². The van der Waals surface area contributed by atoms with Gasteiger partial charge < -0.3 is 14.2 Å². The molecule has 1 amide bonds. The standard InChI is InChI=1S/C22H23FN2O2/c1-15-5-3-4-6-17(15)14-24-9-11-25(12-10-24)22(26)21-16(2)19-13-18(23)7-8-20(19)27-21/h3-8,13H,9-12,14H2,1-2H3/p+1. The SMILES string of the molecule is Cc1ccccc1C[NH+]1CCN(C(=O)c2oc3ccc(F)cc3c2C)CC1. The van der Waals surface area contributed by atoms with Crippen LogP contribution in [0.4, 0.5) is 4.39 Å². The third-order valence-electron chi connectivity index (χ3n) is 5.55. The number of hydrogen-bond donors (Lipinski definition) is 1. The van der Waals surface area contributed by atoms with Gasteiger partial charge in [0.1, 0.15) is 17.9 Å². The lowest BCUT2D eigenvalue weighted by Crippen LogP contribution is -3.13. The minimum Gasteiger partial charge on any atom is -0.451 e. The average molecular weight is 367 g/mol. The van der Waals surface area contributed by atoms with E-state index in [0.29, 0.717) is 35.4 Å². The maximum Gasteiger partial charge on any atom is 0.290 e. The molecule has 1 N–H and O–H groups in total. The highest BCUT2D eigenvalue weighted by atomic mass is 19.1. The first kappa shape index (κ1) is 17.7. The van der Waals surface area contributed by atoms with Gasteiger partial charge in [0.15, 0.2) is 5.76 Å². The van der Waals surface area contributed by atoms with Crippen molar-refractivity contribution in [1.82, 2.24) is 4.90 Å². The summed E-state index contributed by atoms with van der Waals surface area (Å²) in [5, 5.41) is 0.669. The van der Waals surface area contributed by atoms with E-state index in [1.807, 2.05) is 11.8 Å². The summed E-state index contributed by atoms with van der Waals surface area (Å²) in [6.07, 6.45) is 0. The van der Waals surface area contributed by atoms with Crippen LogP contribution in [0.3, 0.4) is 0 Å². The van der Waals surface area contributed by atoms with Crippen molar-refractivity contribution in [2.75, 3.05) is 26.2 Å². The summed E-state index contributed by atoms with van der Waals surface area (Å²) in [7, 11) is 0. The number of aryl methyl sites for hydroxylation is 2. The van der Waals surface area contributed by atoms with Crippen LogP contribution in [0.15, 0.2) is 46.9 Å². The van der Waals surface area contributed by atoms with E-state index in [0.717, 1.165) is 19.6 Å². The van der Waals surface area contributed by atoms with E-state index < -0.39 is 0 Å². The van der Waals surface area contributed by atoms with Gasteiger partial charge in [-0.15, -0.1) is 0 Å². The zero-order chi connectivity index (χ0) is 19.0. The van der Waals surface area contributed by atoms with Gasteiger partial charge in [0.05, 0.1) is 26.2 Å². The largest absolute Gasteiger partial charge is 0.451 e. The molecule has 0 spiro atoms. The van der Waals surface area contributed by atoms with Gasteiger partial charge in [0.2, 0.25) is 0 Å². The number of piperazine rings is 1. The van der Waals surface area contributed by atoms with Crippen molar-refractivity contribution in [3.8, 4) is 0 Å². The highest BCUT2D eigenvalue weighted by Gasteiger charge is 2.28. The molecule has 140 valence electrons. The molecule has 1 aliphatic rings. The zero-order valence-electron chi connectivity index (χ0n) is 15.7. The monoisotopic (exact) mass is 367 g/mol. The first-order valence-corrected chi connectivity index (χ1v) is 9.39. The molecule has 0 aliphatic carbocycles. The maximum absolute atomic E-state index is 13.5. The molecule has 1 aliphatic heterocycles. The fraction of sp³-hybridized carbons (Fsp3) is 0.318. The topological polar surface area (TPSA) is 37.9 Å². The minimum atomic E-state index is -0.321. The van der Waals surface area contributed by atoms with Gasteiger partial charge in [0.25, 0.3) is 5.91 Å². The molecule has 0 bridgehead atoms. The number of rotatable bonds is 3. The molecule has 0 radical (unpaired) electrons. The molecule has 5 heteroatoms. The van der Waals surface area contributed by atoms with E-state index in [4.69, 9.17) is 4.42 Å². The predicted molar refractivity (Wildman–Crippen MR) is 102 cm³/mol. The summed E-state index contributed by atoms with van der Waals surface area (Å²) < 4.78 is 19.2. The van der Waals surface area contributed by atoms with Crippen LogP contribution in [0.1, 0.15) is 27.2 Å². The first-order valence-electron chi connectivity index (χ1n) is 9.39. The summed E-state index contributed by atoms with van der Waals surface area (Å²) in [6.45, 7) is 8.16. The van der Waals surface area contributed by atoms with Crippen LogP contribution in [0.25, 0.3) is 11.0 Å². The summed E-state index contributed by atoms with van der Waals surface area (Å²) in [4.78, 5) is 16.3. The van der Waals surface area contributed by atoms with E-state index in [9.17, 15) is 9.18 Å². The third kappa shape index (κ3) is 3.47. The average Bonchev–Trinajstić information content (AvgIpc) is 3.00. The minimum absolute atomic E-state index is 0.0981. The lowest BCUT2D eigenvalue weighted by molar-refractivity contribution is -0.917. The molecule has 2 aromatic carbocycles. The van der Waals surface area contributed by atoms with Crippen molar-refractivity contribution < 1.29 is 18.5 Å². The van der Waals surface area contributed by atoms with Crippen molar-refractivity contribution in [3.05, 3.63) is 70.7 Å². The Morgan fingerprint density at radius 1 is 1.15 bits per heavy atom. The van der Waals surface area contributed by atoms with Crippen LogP contribution in [0, 0.1) is 19.7 Å². The number of nitrogens with one attached hydrogen (secondary N) is 1. The van der Waals surface area contributed by atoms with Gasteiger partial charge in [-0.3, -0.25) is 4.79 Å². The lowest BCUT2D eigenvalue weighted by Gasteiger charge is -2.32. The van der Waals surface area contributed by atoms with Gasteiger partial charge in [0, 0.05) is 16.5 Å². The van der Waals surface area contributed by atoms with Crippen molar-refractivity contribution in [1.29, 1.82) is 0 Å². The Hall–Kier alpha value is -2.66. The third-order valence-corrected chi connectivity index (χ3v) is 5.55. The fourth-order valence-electron chi connectivity index (χ4n) is 3.82. The number of benzene rings is 2. The highest BCUT2D eigenvalue weighted by molar-refractivity contribution is 5.99. The van der Waals surface area contributed by atoms with E-state index in [1.54, 1.807) is 6.07 Å². The molecular weight excluding hydrogens is 343 g/mol. The van der Waals surface area contributed by atoms with Crippen LogP contribution in [0.2, 0.25) is 0 Å². The first-order chi connectivity index (χ1) is 13.0. The Morgan fingerprint density at radius 2 is 1.89 bits per heavy atom. The highest BCUT2D eigenvalue weighted by Crippen LogP contribution is 2.27. The fourth-order valence-corrected chi connectivity index (χ4v) is 3.82. The summed E-state index contributed by atoms with van der Waals surface area (Å²) in [6, 6.07) is 12.8. The molecule has 2 heterocycles. The molecule has 1 fully saturated rings. The predicted octanol–water partition coefficient (Wildman–Crippen LogP) is 2.73. The van der Waals surface area contributed by atoms with Crippen LogP contribution >= 0.6 is 0 Å². The van der Waals surface area contributed by atoms with E-state index in [-0.39, 0.29) is 11.7 Å². The van der Waals surface area contributed by atoms with Gasteiger partial charge in [-0.05, 0) is 37.6 Å². The number of carbonyl (C=O) groups is 1. The van der Waals surface area contributed by atoms with Gasteiger partial charge in [-0.25, -0.2) is 4.39 Å². The number of nitrogens with zero attached hydrogens (tertiary/aromatic N) is 1. The molecule has 1 aromatic heterocycles. The number of halogens is 1. The smallest absolute Gasteiger partial charge is 0.290 e. The van der Waals surface area contributed by atoms with Crippen LogP contribution in [-0.4, -0.2) is 37.0 Å². The number of amides is 1. The molecular formula is C22H24FN2O2+. The Balaban J connectivity index is 1.44. The molecule has 4 nitrogen and oxygen atoms in total. The normalized spacial score (nSPS) is 15.4.